The first-order chi connectivity index (χ1) is 11.9. The van der Waals surface area contributed by atoms with Gasteiger partial charge in [-0.05, 0) is 61.6 Å². The zero-order valence-corrected chi connectivity index (χ0v) is 13.1. The number of fused-ring (bicyclic) bond motifs is 6. The van der Waals surface area contributed by atoms with Crippen LogP contribution in [0.2, 0.25) is 0 Å². The third-order valence-electron chi connectivity index (χ3n) is 4.76. The van der Waals surface area contributed by atoms with E-state index < -0.39 is 0 Å². The fourth-order valence-electron chi connectivity index (χ4n) is 3.63. The molecule has 112 valence electrons. The van der Waals surface area contributed by atoms with Crippen LogP contribution in [0.4, 0.5) is 0 Å². The molecular weight excluding hydrogens is 290 g/mol. The molecule has 0 bridgehead atoms. The van der Waals surface area contributed by atoms with E-state index in [4.69, 9.17) is 0 Å². The van der Waals surface area contributed by atoms with Crippen LogP contribution in [0.5, 0.6) is 0 Å². The summed E-state index contributed by atoms with van der Waals surface area (Å²) in [5, 5.41) is 7.86. The predicted molar refractivity (Wildman–Crippen MR) is 102 cm³/mol. The molecule has 0 aliphatic carbocycles. The molecule has 1 heterocycles. The lowest BCUT2D eigenvalue weighted by molar-refractivity contribution is 1.33. The lowest BCUT2D eigenvalue weighted by atomic mass is 9.92. The van der Waals surface area contributed by atoms with E-state index in [2.05, 4.69) is 83.8 Å². The molecule has 0 aliphatic heterocycles. The SMILES string of the molecule is c1ccc2c(c1)c1ccccc1c1cc(-c3ccncc3)ccc21. The zero-order chi connectivity index (χ0) is 15.9. The first-order valence-corrected chi connectivity index (χ1v) is 8.15. The van der Waals surface area contributed by atoms with Crippen molar-refractivity contribution in [2.75, 3.05) is 0 Å². The summed E-state index contributed by atoms with van der Waals surface area (Å²) < 4.78 is 0. The highest BCUT2D eigenvalue weighted by Gasteiger charge is 2.09. The van der Waals surface area contributed by atoms with Gasteiger partial charge in [0.2, 0.25) is 0 Å². The molecule has 0 N–H and O–H groups in total. The first-order valence-electron chi connectivity index (χ1n) is 8.15. The number of benzene rings is 4. The van der Waals surface area contributed by atoms with Crippen LogP contribution in [0.1, 0.15) is 0 Å². The van der Waals surface area contributed by atoms with Gasteiger partial charge in [0.15, 0.2) is 0 Å². The molecule has 24 heavy (non-hydrogen) atoms. The molecule has 0 aliphatic rings. The minimum Gasteiger partial charge on any atom is -0.265 e. The van der Waals surface area contributed by atoms with Gasteiger partial charge in [-0.1, -0.05) is 60.7 Å². The number of hydrogen-bond donors (Lipinski definition) is 0. The van der Waals surface area contributed by atoms with Crippen LogP contribution in [-0.4, -0.2) is 4.98 Å². The molecule has 0 saturated heterocycles. The molecule has 1 heteroatoms. The van der Waals surface area contributed by atoms with Crippen LogP contribution in [-0.2, 0) is 0 Å². The summed E-state index contributed by atoms with van der Waals surface area (Å²) in [4.78, 5) is 4.12. The summed E-state index contributed by atoms with van der Waals surface area (Å²) in [6, 6.07) is 28.2. The Kier molecular flexibility index (Phi) is 2.86. The average Bonchev–Trinajstić information content (AvgIpc) is 2.68. The minimum absolute atomic E-state index is 1.20. The second-order valence-corrected chi connectivity index (χ2v) is 6.09. The Morgan fingerprint density at radius 3 is 1.50 bits per heavy atom. The Morgan fingerprint density at radius 2 is 0.917 bits per heavy atom. The highest BCUT2D eigenvalue weighted by molar-refractivity contribution is 6.25. The summed E-state index contributed by atoms with van der Waals surface area (Å²) in [5.74, 6) is 0. The van der Waals surface area contributed by atoms with Crippen molar-refractivity contribution in [1.82, 2.24) is 4.98 Å². The predicted octanol–water partition coefficient (Wildman–Crippen LogP) is 6.21. The smallest absolute Gasteiger partial charge is 0.0273 e. The summed E-state index contributed by atoms with van der Waals surface area (Å²) in [6.07, 6.45) is 3.69. The van der Waals surface area contributed by atoms with Gasteiger partial charge in [-0.25, -0.2) is 0 Å². The third-order valence-corrected chi connectivity index (χ3v) is 4.76. The Bertz CT molecular complexity index is 1150. The van der Waals surface area contributed by atoms with Gasteiger partial charge in [-0.3, -0.25) is 4.98 Å². The summed E-state index contributed by atoms with van der Waals surface area (Å²) in [5.41, 5.74) is 2.43. The van der Waals surface area contributed by atoms with Gasteiger partial charge in [0.1, 0.15) is 0 Å². The minimum atomic E-state index is 1.20. The fourth-order valence-corrected chi connectivity index (χ4v) is 3.63. The van der Waals surface area contributed by atoms with E-state index in [1.165, 1.54) is 43.4 Å². The molecule has 0 spiro atoms. The zero-order valence-electron chi connectivity index (χ0n) is 13.1. The molecule has 0 fully saturated rings. The van der Waals surface area contributed by atoms with Gasteiger partial charge in [0, 0.05) is 12.4 Å². The van der Waals surface area contributed by atoms with E-state index >= 15 is 0 Å². The van der Waals surface area contributed by atoms with Crippen molar-refractivity contribution in [3.63, 3.8) is 0 Å². The lowest BCUT2D eigenvalue weighted by Gasteiger charge is -2.11. The molecule has 0 amide bonds. The van der Waals surface area contributed by atoms with Crippen molar-refractivity contribution < 1.29 is 0 Å². The molecule has 0 saturated carbocycles. The van der Waals surface area contributed by atoms with Crippen molar-refractivity contribution >= 4 is 32.3 Å². The summed E-state index contributed by atoms with van der Waals surface area (Å²) in [7, 11) is 0. The quantitative estimate of drug-likeness (QED) is 0.336. The van der Waals surface area contributed by atoms with E-state index in [1.807, 2.05) is 12.4 Å². The summed E-state index contributed by atoms with van der Waals surface area (Å²) in [6.45, 7) is 0. The Hall–Kier alpha value is -3.19. The first kappa shape index (κ1) is 13.3. The lowest BCUT2D eigenvalue weighted by Crippen LogP contribution is -1.85. The Morgan fingerprint density at radius 1 is 0.417 bits per heavy atom. The highest BCUT2D eigenvalue weighted by Crippen LogP contribution is 2.36. The molecule has 5 rings (SSSR count). The number of hydrogen-bond acceptors (Lipinski definition) is 1. The van der Waals surface area contributed by atoms with E-state index in [1.54, 1.807) is 0 Å². The molecule has 5 aromatic rings. The number of rotatable bonds is 1. The van der Waals surface area contributed by atoms with Crippen molar-refractivity contribution in [3.8, 4) is 11.1 Å². The van der Waals surface area contributed by atoms with Crippen LogP contribution >= 0.6 is 0 Å². The fraction of sp³-hybridized carbons (Fsp3) is 0. The van der Waals surface area contributed by atoms with Crippen LogP contribution in [0.15, 0.2) is 91.3 Å². The molecule has 0 atom stereocenters. The largest absolute Gasteiger partial charge is 0.265 e. The van der Waals surface area contributed by atoms with Gasteiger partial charge >= 0.3 is 0 Å². The van der Waals surface area contributed by atoms with Crippen LogP contribution < -0.4 is 0 Å². The maximum atomic E-state index is 4.12. The Balaban J connectivity index is 1.96. The van der Waals surface area contributed by atoms with Gasteiger partial charge in [0.05, 0.1) is 0 Å². The molecular formula is C23H15N. The second-order valence-electron chi connectivity index (χ2n) is 6.09. The van der Waals surface area contributed by atoms with Crippen molar-refractivity contribution in [2.45, 2.75) is 0 Å². The summed E-state index contributed by atoms with van der Waals surface area (Å²) >= 11 is 0. The van der Waals surface area contributed by atoms with Gasteiger partial charge < -0.3 is 0 Å². The highest BCUT2D eigenvalue weighted by atomic mass is 14.6. The normalized spacial score (nSPS) is 11.3. The molecule has 0 radical (unpaired) electrons. The molecule has 1 aromatic heterocycles. The topological polar surface area (TPSA) is 12.9 Å². The van der Waals surface area contributed by atoms with Gasteiger partial charge in [-0.15, -0.1) is 0 Å². The van der Waals surface area contributed by atoms with E-state index in [0.717, 1.165) is 0 Å². The van der Waals surface area contributed by atoms with Gasteiger partial charge in [-0.2, -0.15) is 0 Å². The van der Waals surface area contributed by atoms with E-state index in [9.17, 15) is 0 Å². The molecule has 1 nitrogen and oxygen atoms in total. The maximum absolute atomic E-state index is 4.12. The van der Waals surface area contributed by atoms with Crippen molar-refractivity contribution in [1.29, 1.82) is 0 Å². The number of nitrogens with zero attached hydrogens (tertiary/aromatic N) is 1. The number of pyridine rings is 1. The molecule has 0 unspecified atom stereocenters. The third kappa shape index (κ3) is 1.92. The van der Waals surface area contributed by atoms with E-state index in [0.29, 0.717) is 0 Å². The van der Waals surface area contributed by atoms with Crippen LogP contribution in [0.3, 0.4) is 0 Å². The second kappa shape index (κ2) is 5.17. The monoisotopic (exact) mass is 305 g/mol. The van der Waals surface area contributed by atoms with Crippen molar-refractivity contribution in [3.05, 3.63) is 91.3 Å². The average molecular weight is 305 g/mol. The van der Waals surface area contributed by atoms with E-state index in [-0.39, 0.29) is 0 Å². The van der Waals surface area contributed by atoms with Crippen LogP contribution in [0, 0.1) is 0 Å². The Labute approximate surface area is 140 Å². The molecule has 4 aromatic carbocycles. The van der Waals surface area contributed by atoms with Crippen molar-refractivity contribution in [2.24, 2.45) is 0 Å². The number of aromatic nitrogens is 1. The van der Waals surface area contributed by atoms with Crippen LogP contribution in [0.25, 0.3) is 43.4 Å². The van der Waals surface area contributed by atoms with Gasteiger partial charge in [0.25, 0.3) is 0 Å². The maximum Gasteiger partial charge on any atom is 0.0273 e. The standard InChI is InChI=1S/C23H15N/c1-2-7-20-18(5-1)19-6-3-4-8-21(19)23-15-17(9-10-22(20)23)16-11-13-24-14-12-16/h1-15H.